The van der Waals surface area contributed by atoms with Crippen molar-refractivity contribution in [3.8, 4) is 11.1 Å². The van der Waals surface area contributed by atoms with Gasteiger partial charge in [-0.3, -0.25) is 0 Å². The monoisotopic (exact) mass is 520 g/mol. The molecule has 188 valence electrons. The van der Waals surface area contributed by atoms with Crippen LogP contribution in [-0.2, 0) is 31.7 Å². The van der Waals surface area contributed by atoms with Gasteiger partial charge in [-0.1, -0.05) is 34.7 Å². The lowest BCUT2D eigenvalue weighted by atomic mass is 9.98. The molecule has 0 fully saturated rings. The van der Waals surface area contributed by atoms with Crippen molar-refractivity contribution < 1.29 is 26.9 Å². The number of carbonyl (C=O) groups is 1. The predicted octanol–water partition coefficient (Wildman–Crippen LogP) is 4.97. The number of fused-ring (bicyclic) bond motifs is 1. The number of ether oxygens (including phenoxy) is 1. The molecule has 1 atom stereocenters. The van der Waals surface area contributed by atoms with Crippen molar-refractivity contribution in [2.75, 3.05) is 12.9 Å². The van der Waals surface area contributed by atoms with Crippen LogP contribution in [0, 0.1) is 5.82 Å². The fraction of sp³-hybridized carbons (Fsp3) is 0.360. The van der Waals surface area contributed by atoms with Gasteiger partial charge in [0.1, 0.15) is 27.6 Å². The first-order valence-corrected chi connectivity index (χ1v) is 14.2. The Balaban J connectivity index is 2.24. The maximum atomic E-state index is 14.9. The minimum absolute atomic E-state index is 0.0436. The third kappa shape index (κ3) is 6.12. The number of carbonyl (C=O) groups excluding carboxylic acids is 1. The molecule has 35 heavy (non-hydrogen) atoms. The van der Waals surface area contributed by atoms with Gasteiger partial charge in [0.15, 0.2) is 9.84 Å². The van der Waals surface area contributed by atoms with Gasteiger partial charge in [0.05, 0.1) is 23.6 Å². The first-order chi connectivity index (χ1) is 16.2. The van der Waals surface area contributed by atoms with Gasteiger partial charge < -0.3 is 14.3 Å². The third-order valence-corrected chi connectivity index (χ3v) is 7.53. The van der Waals surface area contributed by atoms with Crippen LogP contribution in [0.3, 0.4) is 0 Å². The summed E-state index contributed by atoms with van der Waals surface area (Å²) < 4.78 is 59.8. The van der Waals surface area contributed by atoms with Gasteiger partial charge in [-0.05, 0) is 46.2 Å². The van der Waals surface area contributed by atoms with Crippen molar-refractivity contribution in [3.05, 3.63) is 59.0 Å². The zero-order valence-electron chi connectivity index (χ0n) is 20.6. The van der Waals surface area contributed by atoms with E-state index in [1.807, 2.05) is 20.8 Å². The number of hydrogen-bond donors (Lipinski definition) is 1. The van der Waals surface area contributed by atoms with E-state index in [0.29, 0.717) is 33.3 Å². The number of nitrogens with zero attached hydrogens (tertiary/aromatic N) is 1. The van der Waals surface area contributed by atoms with Gasteiger partial charge in [0.2, 0.25) is 0 Å². The average molecular weight is 521 g/mol. The summed E-state index contributed by atoms with van der Waals surface area (Å²) >= 11 is -1.49. The highest BCUT2D eigenvalue weighted by molar-refractivity contribution is 7.91. The molecule has 3 aromatic rings. The Morgan fingerprint density at radius 3 is 2.49 bits per heavy atom. The van der Waals surface area contributed by atoms with Gasteiger partial charge in [-0.25, -0.2) is 17.6 Å². The third-order valence-electron chi connectivity index (χ3n) is 5.21. The highest BCUT2D eigenvalue weighted by Gasteiger charge is 2.28. The fourth-order valence-corrected chi connectivity index (χ4v) is 5.01. The zero-order chi connectivity index (χ0) is 26.1. The van der Waals surface area contributed by atoms with Crippen molar-refractivity contribution in [2.45, 2.75) is 45.1 Å². The molecule has 1 N–H and O–H groups in total. The maximum absolute atomic E-state index is 14.9. The first kappa shape index (κ1) is 26.9. The summed E-state index contributed by atoms with van der Waals surface area (Å²) in [5, 5.41) is 0.622. The van der Waals surface area contributed by atoms with E-state index < -0.39 is 43.5 Å². The molecule has 7 nitrogen and oxygen atoms in total. The summed E-state index contributed by atoms with van der Waals surface area (Å²) in [5.74, 6) is -1.73. The topological polar surface area (TPSA) is 112 Å². The van der Waals surface area contributed by atoms with E-state index in [1.54, 1.807) is 38.1 Å². The number of aromatic amines is 1. The summed E-state index contributed by atoms with van der Waals surface area (Å²) in [4.78, 5) is 15.9. The number of nitrogens with one attached hydrogen (secondary N) is 1. The smallest absolute Gasteiger partial charge is 0.355 e. The maximum Gasteiger partial charge on any atom is 0.355 e. The summed E-state index contributed by atoms with van der Waals surface area (Å²) in [5.41, 5.74) is 2.72. The number of benzene rings is 2. The van der Waals surface area contributed by atoms with Gasteiger partial charge in [-0.15, -0.1) is 0 Å². The van der Waals surface area contributed by atoms with Crippen LogP contribution < -0.4 is 0 Å². The van der Waals surface area contributed by atoms with Crippen LogP contribution in [-0.4, -0.2) is 47.2 Å². The minimum Gasteiger partial charge on any atom is -0.591 e. The summed E-state index contributed by atoms with van der Waals surface area (Å²) in [7, 11) is -3.42. The van der Waals surface area contributed by atoms with E-state index >= 15 is 0 Å². The number of rotatable bonds is 7. The molecule has 10 heteroatoms. The van der Waals surface area contributed by atoms with Crippen molar-refractivity contribution in [3.63, 3.8) is 0 Å². The molecule has 1 heterocycles. The number of esters is 1. The van der Waals surface area contributed by atoms with E-state index in [1.165, 1.54) is 12.1 Å². The van der Waals surface area contributed by atoms with Crippen LogP contribution in [0.1, 0.15) is 56.2 Å². The molecule has 0 saturated heterocycles. The number of hydrogen-bond acceptors (Lipinski definition) is 6. The summed E-state index contributed by atoms with van der Waals surface area (Å²) in [6.45, 7) is 9.05. The first-order valence-electron chi connectivity index (χ1n) is 11.0. The van der Waals surface area contributed by atoms with Crippen molar-refractivity contribution in [2.24, 2.45) is 4.40 Å². The van der Waals surface area contributed by atoms with E-state index in [9.17, 15) is 22.2 Å². The van der Waals surface area contributed by atoms with E-state index in [0.717, 1.165) is 6.26 Å². The Morgan fingerprint density at radius 2 is 1.91 bits per heavy atom. The summed E-state index contributed by atoms with van der Waals surface area (Å²) in [6, 6.07) is 9.56. The second-order valence-electron chi connectivity index (χ2n) is 9.24. The second-order valence-corrected chi connectivity index (χ2v) is 13.3. The molecule has 0 saturated carbocycles. The molecule has 0 aliphatic rings. The minimum atomic E-state index is -3.42. The molecule has 0 aliphatic carbocycles. The van der Waals surface area contributed by atoms with Crippen molar-refractivity contribution in [1.29, 1.82) is 0 Å². The molecule has 1 unspecified atom stereocenters. The molecular formula is C25H29FN2O5S2. The number of para-hydroxylation sites is 1. The largest absolute Gasteiger partial charge is 0.591 e. The highest BCUT2D eigenvalue weighted by atomic mass is 32.2. The lowest BCUT2D eigenvalue weighted by Gasteiger charge is -2.18. The van der Waals surface area contributed by atoms with Crippen LogP contribution in [0.2, 0.25) is 0 Å². The lowest BCUT2D eigenvalue weighted by molar-refractivity contribution is 0.0521. The van der Waals surface area contributed by atoms with Gasteiger partial charge in [0, 0.05) is 28.3 Å². The average Bonchev–Trinajstić information content (AvgIpc) is 3.13. The SMILES string of the molecule is CCOC(=O)c1[nH]c2c(/C(C)=N/[S+]([O-])C(C)(C)C)cccc2c1-c1ccc(CS(C)(=O)=O)c(F)c1. The van der Waals surface area contributed by atoms with Crippen LogP contribution >= 0.6 is 0 Å². The zero-order valence-corrected chi connectivity index (χ0v) is 22.2. The summed E-state index contributed by atoms with van der Waals surface area (Å²) in [6.07, 6.45) is 1.04. The molecule has 0 amide bonds. The van der Waals surface area contributed by atoms with Crippen LogP contribution in [0.15, 0.2) is 40.8 Å². The van der Waals surface area contributed by atoms with E-state index in [-0.39, 0.29) is 17.9 Å². The molecule has 1 aromatic heterocycles. The van der Waals surface area contributed by atoms with E-state index in [4.69, 9.17) is 4.74 Å². The standard InChI is InChI=1S/C25H29FN2O5S2/c1-7-33-24(29)23-21(16-11-12-17(20(26)13-16)14-35(6,31)32)19-10-8-9-18(22(19)27-23)15(2)28-34(30)25(3,4)5/h8-13,27H,7,14H2,1-6H3/b28-15+. The Morgan fingerprint density at radius 1 is 1.23 bits per heavy atom. The Kier molecular flexibility index (Phi) is 7.78. The normalized spacial score (nSPS) is 13.8. The van der Waals surface area contributed by atoms with Gasteiger partial charge >= 0.3 is 5.97 Å². The quantitative estimate of drug-likeness (QED) is 0.269. The molecular weight excluding hydrogens is 491 g/mol. The highest BCUT2D eigenvalue weighted by Crippen LogP contribution is 2.36. The second kappa shape index (κ2) is 10.1. The van der Waals surface area contributed by atoms with Gasteiger partial charge in [-0.2, -0.15) is 0 Å². The van der Waals surface area contributed by atoms with Crippen LogP contribution in [0.25, 0.3) is 22.0 Å². The van der Waals surface area contributed by atoms with E-state index in [2.05, 4.69) is 9.38 Å². The Bertz CT molecular complexity index is 1410. The number of halogens is 1. The van der Waals surface area contributed by atoms with Crippen molar-refractivity contribution in [1.82, 2.24) is 4.98 Å². The van der Waals surface area contributed by atoms with Crippen LogP contribution in [0.5, 0.6) is 0 Å². The fourth-order valence-electron chi connectivity index (χ4n) is 3.59. The molecule has 0 spiro atoms. The number of sulfone groups is 1. The lowest BCUT2D eigenvalue weighted by Crippen LogP contribution is -2.26. The molecule has 0 radical (unpaired) electrons. The number of H-pyrrole nitrogens is 1. The molecule has 0 aliphatic heterocycles. The number of aromatic nitrogens is 1. The van der Waals surface area contributed by atoms with Gasteiger partial charge in [0.25, 0.3) is 0 Å². The molecule has 2 aromatic carbocycles. The Hall–Kier alpha value is -2.69. The van der Waals surface area contributed by atoms with Crippen LogP contribution in [0.4, 0.5) is 4.39 Å². The molecule has 3 rings (SSSR count). The predicted molar refractivity (Wildman–Crippen MR) is 138 cm³/mol. The Labute approximate surface area is 208 Å². The van der Waals surface area contributed by atoms with Crippen molar-refractivity contribution >= 4 is 43.8 Å². The molecule has 0 bridgehead atoms.